The summed E-state index contributed by atoms with van der Waals surface area (Å²) in [5.41, 5.74) is 0. The minimum absolute atomic E-state index is 0.158. The first-order valence-electron chi connectivity index (χ1n) is 23.3. The molecule has 0 spiro atoms. The smallest absolute Gasteiger partial charge is 0.220 e. The molecule has 0 heterocycles. The molecule has 0 saturated carbocycles. The van der Waals surface area contributed by atoms with Crippen LogP contribution in [0.1, 0.15) is 239 Å². The first-order valence-corrected chi connectivity index (χ1v) is 23.3. The van der Waals surface area contributed by atoms with E-state index in [4.69, 9.17) is 0 Å². The van der Waals surface area contributed by atoms with E-state index in [1.165, 1.54) is 173 Å². The van der Waals surface area contributed by atoms with Gasteiger partial charge in [-0.1, -0.05) is 204 Å². The molecule has 1 amide bonds. The van der Waals surface area contributed by atoms with Crippen molar-refractivity contribution < 1.29 is 20.1 Å². The van der Waals surface area contributed by atoms with Gasteiger partial charge in [-0.3, -0.25) is 4.79 Å². The first kappa shape index (κ1) is 51.6. The number of rotatable bonds is 42. The van der Waals surface area contributed by atoms with E-state index in [2.05, 4.69) is 55.6 Å². The van der Waals surface area contributed by atoms with E-state index >= 15 is 0 Å². The third-order valence-electron chi connectivity index (χ3n) is 10.7. The summed E-state index contributed by atoms with van der Waals surface area (Å²) in [6.45, 7) is 4.15. The van der Waals surface area contributed by atoms with Gasteiger partial charge in [-0.25, -0.2) is 0 Å². The van der Waals surface area contributed by atoms with Crippen LogP contribution in [0, 0.1) is 0 Å². The summed E-state index contributed by atoms with van der Waals surface area (Å²) in [6.07, 6.45) is 54.0. The zero-order chi connectivity index (χ0) is 38.7. The Hall–Kier alpha value is -1.43. The highest BCUT2D eigenvalue weighted by atomic mass is 16.3. The zero-order valence-electron chi connectivity index (χ0n) is 35.4. The number of nitrogens with one attached hydrogen (secondary N) is 1. The summed E-state index contributed by atoms with van der Waals surface area (Å²) >= 11 is 0. The Bertz CT molecular complexity index is 824. The molecule has 0 aromatic rings. The lowest BCUT2D eigenvalue weighted by Gasteiger charge is -2.26. The van der Waals surface area contributed by atoms with Gasteiger partial charge in [0, 0.05) is 6.42 Å². The normalized spacial score (nSPS) is 13.8. The molecule has 0 aromatic heterocycles. The van der Waals surface area contributed by atoms with Gasteiger partial charge < -0.3 is 20.6 Å². The summed E-state index contributed by atoms with van der Waals surface area (Å²) in [5, 5.41) is 33.6. The number of aliphatic hydroxyl groups is 3. The number of allylic oxidation sites excluding steroid dienone is 6. The number of hydrogen-bond donors (Lipinski definition) is 4. The van der Waals surface area contributed by atoms with Crippen LogP contribution in [-0.4, -0.2) is 46.1 Å². The molecule has 3 atom stereocenters. The molecular formula is C48H91NO4. The zero-order valence-corrected chi connectivity index (χ0v) is 35.4. The third-order valence-corrected chi connectivity index (χ3v) is 10.7. The van der Waals surface area contributed by atoms with Crippen molar-refractivity contribution in [2.75, 3.05) is 6.61 Å². The standard InChI is InChI=1S/C48H91NO4/c1-3-5-7-9-11-13-15-17-19-21-23-25-26-28-30-32-34-36-38-40-42-46(51)48(53)45(44-50)49-47(52)43-41-39-37-35-33-31-29-27-24-22-20-18-16-14-12-10-8-6-4-2/h12,14,16,18,34,36,45-46,48,50-51,53H,3-11,13,15,17,19-33,35,37-44H2,1-2H3,(H,49,52)/b14-12-,18-16-,36-34+. The van der Waals surface area contributed by atoms with E-state index in [1.807, 2.05) is 0 Å². The van der Waals surface area contributed by atoms with Crippen molar-refractivity contribution in [2.24, 2.45) is 0 Å². The molecule has 5 heteroatoms. The molecule has 0 aliphatic rings. The van der Waals surface area contributed by atoms with Gasteiger partial charge in [0.2, 0.25) is 5.91 Å². The Morgan fingerprint density at radius 3 is 1.25 bits per heavy atom. The first-order chi connectivity index (χ1) is 26.1. The van der Waals surface area contributed by atoms with Gasteiger partial charge in [-0.15, -0.1) is 0 Å². The Morgan fingerprint density at radius 2 is 0.811 bits per heavy atom. The average Bonchev–Trinajstić information content (AvgIpc) is 3.16. The van der Waals surface area contributed by atoms with E-state index in [-0.39, 0.29) is 12.5 Å². The number of carbonyl (C=O) groups is 1. The van der Waals surface area contributed by atoms with Crippen molar-refractivity contribution in [3.63, 3.8) is 0 Å². The number of amides is 1. The van der Waals surface area contributed by atoms with Crippen LogP contribution in [0.15, 0.2) is 36.5 Å². The van der Waals surface area contributed by atoms with Crippen LogP contribution in [0.25, 0.3) is 0 Å². The maximum atomic E-state index is 12.4. The van der Waals surface area contributed by atoms with Crippen molar-refractivity contribution >= 4 is 5.91 Å². The molecule has 53 heavy (non-hydrogen) atoms. The summed E-state index contributed by atoms with van der Waals surface area (Å²) in [4.78, 5) is 12.4. The van der Waals surface area contributed by atoms with Crippen molar-refractivity contribution in [1.82, 2.24) is 5.32 Å². The molecule has 0 saturated heterocycles. The van der Waals surface area contributed by atoms with Gasteiger partial charge in [0.15, 0.2) is 0 Å². The van der Waals surface area contributed by atoms with E-state index in [1.54, 1.807) is 0 Å². The quantitative estimate of drug-likeness (QED) is 0.0284. The number of carbonyl (C=O) groups excluding carboxylic acids is 1. The fraction of sp³-hybridized carbons (Fsp3) is 0.854. The Morgan fingerprint density at radius 1 is 0.472 bits per heavy atom. The second kappa shape index (κ2) is 43.3. The number of unbranched alkanes of at least 4 members (excludes halogenated alkanes) is 29. The summed E-state index contributed by atoms with van der Waals surface area (Å²) < 4.78 is 0. The molecule has 3 unspecified atom stereocenters. The molecule has 0 aromatic carbocycles. The van der Waals surface area contributed by atoms with Crippen LogP contribution >= 0.6 is 0 Å². The van der Waals surface area contributed by atoms with E-state index < -0.39 is 18.2 Å². The van der Waals surface area contributed by atoms with Crippen LogP contribution in [-0.2, 0) is 4.79 Å². The molecule has 312 valence electrons. The molecule has 0 fully saturated rings. The lowest BCUT2D eigenvalue weighted by atomic mass is 10.0. The van der Waals surface area contributed by atoms with E-state index in [0.717, 1.165) is 38.5 Å². The van der Waals surface area contributed by atoms with Crippen LogP contribution in [0.4, 0.5) is 0 Å². The predicted octanol–water partition coefficient (Wildman–Crippen LogP) is 13.5. The summed E-state index contributed by atoms with van der Waals surface area (Å²) in [7, 11) is 0. The summed E-state index contributed by atoms with van der Waals surface area (Å²) in [5.74, 6) is -0.158. The molecule has 0 bridgehead atoms. The van der Waals surface area contributed by atoms with Crippen LogP contribution in [0.5, 0.6) is 0 Å². The highest BCUT2D eigenvalue weighted by molar-refractivity contribution is 5.76. The van der Waals surface area contributed by atoms with E-state index in [0.29, 0.717) is 12.8 Å². The van der Waals surface area contributed by atoms with Crippen LogP contribution < -0.4 is 5.32 Å². The maximum Gasteiger partial charge on any atom is 0.220 e. The highest BCUT2D eigenvalue weighted by Crippen LogP contribution is 2.16. The van der Waals surface area contributed by atoms with Crippen LogP contribution in [0.2, 0.25) is 0 Å². The van der Waals surface area contributed by atoms with Gasteiger partial charge >= 0.3 is 0 Å². The molecule has 5 nitrogen and oxygen atoms in total. The number of aliphatic hydroxyl groups excluding tert-OH is 3. The molecule has 0 radical (unpaired) electrons. The fourth-order valence-electron chi connectivity index (χ4n) is 7.09. The van der Waals surface area contributed by atoms with Gasteiger partial charge in [-0.05, 0) is 64.2 Å². The maximum absolute atomic E-state index is 12.4. The second-order valence-corrected chi connectivity index (χ2v) is 16.0. The predicted molar refractivity (Wildman–Crippen MR) is 231 cm³/mol. The molecule has 0 aliphatic carbocycles. The SMILES string of the molecule is CCCCC/C=C\C=C/CCCCCCCCCCCCC(=O)NC(CO)C(O)C(O)CCC/C=C/CCCCCCCCCCCCCCCCC. The van der Waals surface area contributed by atoms with Crippen molar-refractivity contribution in [1.29, 1.82) is 0 Å². The Balaban J connectivity index is 3.65. The van der Waals surface area contributed by atoms with Gasteiger partial charge in [0.25, 0.3) is 0 Å². The lowest BCUT2D eigenvalue weighted by Crippen LogP contribution is -2.50. The fourth-order valence-corrected chi connectivity index (χ4v) is 7.09. The largest absolute Gasteiger partial charge is 0.394 e. The van der Waals surface area contributed by atoms with E-state index in [9.17, 15) is 20.1 Å². The minimum Gasteiger partial charge on any atom is -0.394 e. The second-order valence-electron chi connectivity index (χ2n) is 16.0. The topological polar surface area (TPSA) is 89.8 Å². The van der Waals surface area contributed by atoms with Gasteiger partial charge in [-0.2, -0.15) is 0 Å². The van der Waals surface area contributed by atoms with Crippen LogP contribution in [0.3, 0.4) is 0 Å². The monoisotopic (exact) mass is 746 g/mol. The van der Waals surface area contributed by atoms with Crippen molar-refractivity contribution in [3.8, 4) is 0 Å². The van der Waals surface area contributed by atoms with Crippen molar-refractivity contribution in [3.05, 3.63) is 36.5 Å². The molecule has 4 N–H and O–H groups in total. The third kappa shape index (κ3) is 38.6. The lowest BCUT2D eigenvalue weighted by molar-refractivity contribution is -0.124. The van der Waals surface area contributed by atoms with Gasteiger partial charge in [0.05, 0.1) is 18.8 Å². The minimum atomic E-state index is -1.16. The highest BCUT2D eigenvalue weighted by Gasteiger charge is 2.26. The van der Waals surface area contributed by atoms with Crippen molar-refractivity contribution in [2.45, 2.75) is 257 Å². The average molecular weight is 746 g/mol. The van der Waals surface area contributed by atoms with Gasteiger partial charge in [0.1, 0.15) is 6.10 Å². The molecule has 0 aliphatic heterocycles. The number of hydrogen-bond acceptors (Lipinski definition) is 4. The Labute approximate surface area is 330 Å². The Kier molecular flexibility index (Phi) is 42.1. The summed E-state index contributed by atoms with van der Waals surface area (Å²) in [6, 6.07) is -0.827. The molecular weight excluding hydrogens is 655 g/mol. The molecule has 0 rings (SSSR count).